The fourth-order valence-corrected chi connectivity index (χ4v) is 3.21. The van der Waals surface area contributed by atoms with Crippen LogP contribution in [0.15, 0.2) is 24.5 Å². The van der Waals surface area contributed by atoms with Gasteiger partial charge in [0.1, 0.15) is 0 Å². The second-order valence-electron chi connectivity index (χ2n) is 5.67. The summed E-state index contributed by atoms with van der Waals surface area (Å²) in [4.78, 5) is 18.5. The maximum atomic E-state index is 12.0. The highest BCUT2D eigenvalue weighted by atomic mass is 16.1. The number of fused-ring (bicyclic) bond motifs is 3. The van der Waals surface area contributed by atoms with Gasteiger partial charge in [0.25, 0.3) is 0 Å². The van der Waals surface area contributed by atoms with Gasteiger partial charge in [-0.1, -0.05) is 6.07 Å². The van der Waals surface area contributed by atoms with Gasteiger partial charge in [0.05, 0.1) is 0 Å². The summed E-state index contributed by atoms with van der Waals surface area (Å²) in [5.74, 6) is 0.884. The van der Waals surface area contributed by atoms with Gasteiger partial charge in [-0.25, -0.2) is 0 Å². The molecule has 4 nitrogen and oxygen atoms in total. The van der Waals surface area contributed by atoms with Crippen LogP contribution in [-0.2, 0) is 11.2 Å². The normalized spacial score (nSPS) is 29.2. The van der Waals surface area contributed by atoms with Crippen molar-refractivity contribution in [2.75, 3.05) is 19.6 Å². The van der Waals surface area contributed by atoms with Crippen LogP contribution in [0.25, 0.3) is 0 Å². The number of amides is 1. The Bertz CT molecular complexity index is 426. The Balaban J connectivity index is 1.46. The summed E-state index contributed by atoms with van der Waals surface area (Å²) in [5, 5.41) is 3.22. The zero-order valence-electron chi connectivity index (χ0n) is 11.2. The van der Waals surface area contributed by atoms with Gasteiger partial charge in [-0.05, 0) is 49.9 Å². The van der Waals surface area contributed by atoms with Crippen LogP contribution >= 0.6 is 0 Å². The third-order valence-corrected chi connectivity index (χ3v) is 4.37. The molecule has 4 heterocycles. The van der Waals surface area contributed by atoms with E-state index in [1.165, 1.54) is 25.9 Å². The number of aromatic nitrogens is 1. The first-order valence-electron chi connectivity index (χ1n) is 7.22. The van der Waals surface area contributed by atoms with Crippen LogP contribution in [0, 0.1) is 5.92 Å². The fraction of sp³-hybridized carbons (Fsp3) is 0.600. The van der Waals surface area contributed by atoms with Crippen molar-refractivity contribution in [3.8, 4) is 0 Å². The van der Waals surface area contributed by atoms with E-state index in [4.69, 9.17) is 0 Å². The van der Waals surface area contributed by atoms with Crippen molar-refractivity contribution in [1.29, 1.82) is 0 Å². The second kappa shape index (κ2) is 5.70. The zero-order chi connectivity index (χ0) is 13.1. The summed E-state index contributed by atoms with van der Waals surface area (Å²) in [6.07, 6.45) is 7.43. The van der Waals surface area contributed by atoms with Crippen LogP contribution in [0.5, 0.6) is 0 Å². The molecule has 0 aromatic carbocycles. The number of hydrogen-bond donors (Lipinski definition) is 1. The number of pyridine rings is 1. The quantitative estimate of drug-likeness (QED) is 0.884. The van der Waals surface area contributed by atoms with Gasteiger partial charge in [-0.3, -0.25) is 9.78 Å². The second-order valence-corrected chi connectivity index (χ2v) is 5.67. The summed E-state index contributed by atoms with van der Waals surface area (Å²) in [6.45, 7) is 3.47. The first-order chi connectivity index (χ1) is 9.31. The van der Waals surface area contributed by atoms with Gasteiger partial charge in [0.2, 0.25) is 5.91 Å². The molecule has 0 aliphatic carbocycles. The SMILES string of the molecule is O=C(CCc1cccnc1)NC1CN2CCC1CC2. The lowest BCUT2D eigenvalue weighted by molar-refractivity contribution is -0.123. The molecule has 102 valence electrons. The summed E-state index contributed by atoms with van der Waals surface area (Å²) in [5.41, 5.74) is 1.13. The molecule has 1 aromatic rings. The number of piperidine rings is 3. The summed E-state index contributed by atoms with van der Waals surface area (Å²) < 4.78 is 0. The largest absolute Gasteiger partial charge is 0.352 e. The highest BCUT2D eigenvalue weighted by Gasteiger charge is 2.34. The minimum Gasteiger partial charge on any atom is -0.352 e. The third kappa shape index (κ3) is 3.13. The highest BCUT2D eigenvalue weighted by molar-refractivity contribution is 5.76. The Kier molecular flexibility index (Phi) is 3.78. The molecule has 1 amide bonds. The Morgan fingerprint density at radius 3 is 2.89 bits per heavy atom. The predicted octanol–water partition coefficient (Wildman–Crippen LogP) is 1.22. The Hall–Kier alpha value is -1.42. The van der Waals surface area contributed by atoms with Crippen LogP contribution in [-0.4, -0.2) is 41.5 Å². The molecule has 3 aliphatic rings. The van der Waals surface area contributed by atoms with E-state index < -0.39 is 0 Å². The van der Waals surface area contributed by atoms with Gasteiger partial charge in [0, 0.05) is 31.4 Å². The molecule has 3 aliphatic heterocycles. The number of nitrogens with one attached hydrogen (secondary N) is 1. The van der Waals surface area contributed by atoms with E-state index >= 15 is 0 Å². The lowest BCUT2D eigenvalue weighted by Crippen LogP contribution is -2.57. The maximum absolute atomic E-state index is 12.0. The van der Waals surface area contributed by atoms with Gasteiger partial charge in [-0.2, -0.15) is 0 Å². The topological polar surface area (TPSA) is 45.2 Å². The molecular formula is C15H21N3O. The minimum absolute atomic E-state index is 0.183. The monoisotopic (exact) mass is 259 g/mol. The Morgan fingerprint density at radius 2 is 2.26 bits per heavy atom. The van der Waals surface area contributed by atoms with Gasteiger partial charge in [-0.15, -0.1) is 0 Å². The van der Waals surface area contributed by atoms with Crippen molar-refractivity contribution in [3.63, 3.8) is 0 Å². The number of carbonyl (C=O) groups excluding carboxylic acids is 1. The van der Waals surface area contributed by atoms with Gasteiger partial charge >= 0.3 is 0 Å². The van der Waals surface area contributed by atoms with Crippen molar-refractivity contribution in [1.82, 2.24) is 15.2 Å². The standard InChI is InChI=1S/C15H21N3O/c19-15(4-3-12-2-1-7-16-10-12)17-14-11-18-8-5-13(14)6-9-18/h1-2,7,10,13-14H,3-6,8-9,11H2,(H,17,19). The van der Waals surface area contributed by atoms with Crippen LogP contribution in [0.4, 0.5) is 0 Å². The number of nitrogens with zero attached hydrogens (tertiary/aromatic N) is 2. The molecule has 1 aromatic heterocycles. The first-order valence-corrected chi connectivity index (χ1v) is 7.22. The molecule has 3 fully saturated rings. The number of hydrogen-bond acceptors (Lipinski definition) is 3. The maximum Gasteiger partial charge on any atom is 0.220 e. The van der Waals surface area contributed by atoms with Crippen molar-refractivity contribution >= 4 is 5.91 Å². The van der Waals surface area contributed by atoms with E-state index in [9.17, 15) is 4.79 Å². The Morgan fingerprint density at radius 1 is 1.42 bits per heavy atom. The lowest BCUT2D eigenvalue weighted by Gasteiger charge is -2.44. The van der Waals surface area contributed by atoms with Crippen LogP contribution in [0.2, 0.25) is 0 Å². The lowest BCUT2D eigenvalue weighted by atomic mass is 9.84. The highest BCUT2D eigenvalue weighted by Crippen LogP contribution is 2.27. The van der Waals surface area contributed by atoms with E-state index in [-0.39, 0.29) is 5.91 Å². The fourth-order valence-electron chi connectivity index (χ4n) is 3.21. The van der Waals surface area contributed by atoms with Crippen LogP contribution in [0.3, 0.4) is 0 Å². The third-order valence-electron chi connectivity index (χ3n) is 4.37. The first kappa shape index (κ1) is 12.6. The minimum atomic E-state index is 0.183. The molecule has 1 N–H and O–H groups in total. The van der Waals surface area contributed by atoms with Crippen molar-refractivity contribution in [2.45, 2.75) is 31.7 Å². The summed E-state index contributed by atoms with van der Waals surface area (Å²) in [6, 6.07) is 4.32. The number of rotatable bonds is 4. The summed E-state index contributed by atoms with van der Waals surface area (Å²) in [7, 11) is 0. The van der Waals surface area contributed by atoms with Gasteiger partial charge < -0.3 is 10.2 Å². The van der Waals surface area contributed by atoms with E-state index in [0.29, 0.717) is 18.4 Å². The smallest absolute Gasteiger partial charge is 0.220 e. The van der Waals surface area contributed by atoms with E-state index in [1.54, 1.807) is 6.20 Å². The van der Waals surface area contributed by atoms with Crippen molar-refractivity contribution < 1.29 is 4.79 Å². The molecule has 4 heteroatoms. The average molecular weight is 259 g/mol. The molecule has 1 atom stereocenters. The predicted molar refractivity (Wildman–Crippen MR) is 73.7 cm³/mol. The molecule has 0 radical (unpaired) electrons. The van der Waals surface area contributed by atoms with Crippen molar-refractivity contribution in [3.05, 3.63) is 30.1 Å². The molecule has 0 spiro atoms. The van der Waals surface area contributed by atoms with Crippen LogP contribution < -0.4 is 5.32 Å². The summed E-state index contributed by atoms with van der Waals surface area (Å²) >= 11 is 0. The molecule has 19 heavy (non-hydrogen) atoms. The van der Waals surface area contributed by atoms with E-state index in [1.807, 2.05) is 18.3 Å². The van der Waals surface area contributed by atoms with E-state index in [0.717, 1.165) is 18.5 Å². The van der Waals surface area contributed by atoms with Crippen molar-refractivity contribution in [2.24, 2.45) is 5.92 Å². The number of carbonyl (C=O) groups is 1. The molecule has 4 rings (SSSR count). The molecule has 0 saturated carbocycles. The number of aryl methyl sites for hydroxylation is 1. The zero-order valence-corrected chi connectivity index (χ0v) is 11.2. The molecule has 3 saturated heterocycles. The van der Waals surface area contributed by atoms with E-state index in [2.05, 4.69) is 15.2 Å². The molecule has 2 bridgehead atoms. The van der Waals surface area contributed by atoms with Gasteiger partial charge in [0.15, 0.2) is 0 Å². The average Bonchev–Trinajstić information content (AvgIpc) is 2.47. The molecular weight excluding hydrogens is 238 g/mol. The van der Waals surface area contributed by atoms with Crippen LogP contribution in [0.1, 0.15) is 24.8 Å². The Labute approximate surface area is 114 Å². The molecule has 1 unspecified atom stereocenters.